The van der Waals surface area contributed by atoms with Crippen LogP contribution in [0.2, 0.25) is 0 Å². The van der Waals surface area contributed by atoms with E-state index in [0.29, 0.717) is 18.4 Å². The molecule has 9 heteroatoms. The molecule has 0 bridgehead atoms. The van der Waals surface area contributed by atoms with E-state index in [-0.39, 0.29) is 23.3 Å². The molecule has 0 amide bonds. The van der Waals surface area contributed by atoms with E-state index in [1.165, 1.54) is 6.07 Å². The zero-order valence-corrected chi connectivity index (χ0v) is 22.1. The number of aryl methyl sites for hydroxylation is 1. The van der Waals surface area contributed by atoms with Gasteiger partial charge < -0.3 is 25.2 Å². The first kappa shape index (κ1) is 27.3. The van der Waals surface area contributed by atoms with Crippen LogP contribution in [0.3, 0.4) is 0 Å². The average Bonchev–Trinajstić information content (AvgIpc) is 2.92. The number of phenols is 1. The fourth-order valence-corrected chi connectivity index (χ4v) is 6.55. The molecule has 0 aliphatic heterocycles. The Hall–Kier alpha value is -4.24. The number of hydrogen-bond donors (Lipinski definition) is 4. The first-order valence-corrected chi connectivity index (χ1v) is 13.3. The Balaban J connectivity index is 1.76. The highest BCUT2D eigenvalue weighted by molar-refractivity contribution is 6.23. The Kier molecular flexibility index (Phi) is 6.87. The number of ether oxygens (including phenoxy) is 1. The molecule has 0 aromatic heterocycles. The third-order valence-electron chi connectivity index (χ3n) is 8.39. The SMILES string of the molecule is CCC(=O)OC1C2C(=C(O)c3c(O)cccc3C2CCc2ccccc2)C(=O)C2(O)C(O)=C(C(C)=O)C(=O)CC12. The first-order chi connectivity index (χ1) is 19.0. The van der Waals surface area contributed by atoms with Crippen LogP contribution in [0.15, 0.2) is 65.4 Å². The topological polar surface area (TPSA) is 158 Å². The lowest BCUT2D eigenvalue weighted by molar-refractivity contribution is -0.178. The molecule has 3 aliphatic rings. The third-order valence-corrected chi connectivity index (χ3v) is 8.39. The number of aromatic hydroxyl groups is 1. The van der Waals surface area contributed by atoms with E-state index in [1.54, 1.807) is 19.1 Å². The summed E-state index contributed by atoms with van der Waals surface area (Å²) in [4.78, 5) is 52.1. The van der Waals surface area contributed by atoms with Gasteiger partial charge in [0, 0.05) is 30.3 Å². The van der Waals surface area contributed by atoms with Crippen molar-refractivity contribution in [2.45, 2.75) is 57.2 Å². The van der Waals surface area contributed by atoms with E-state index in [1.807, 2.05) is 30.3 Å². The Morgan fingerprint density at radius 3 is 2.38 bits per heavy atom. The van der Waals surface area contributed by atoms with Crippen molar-refractivity contribution < 1.29 is 44.3 Å². The second-order valence-electron chi connectivity index (χ2n) is 10.6. The lowest BCUT2D eigenvalue weighted by atomic mass is 9.54. The van der Waals surface area contributed by atoms with Gasteiger partial charge in [0.25, 0.3) is 0 Å². The number of phenolic OH excluding ortho intramolecular Hbond substituents is 1. The van der Waals surface area contributed by atoms with E-state index in [2.05, 4.69) is 0 Å². The molecule has 5 unspecified atom stereocenters. The molecule has 1 saturated carbocycles. The van der Waals surface area contributed by atoms with Crippen molar-refractivity contribution in [1.82, 2.24) is 0 Å². The molecule has 3 aliphatic carbocycles. The van der Waals surface area contributed by atoms with Gasteiger partial charge in [-0.1, -0.05) is 49.4 Å². The predicted molar refractivity (Wildman–Crippen MR) is 142 cm³/mol. The van der Waals surface area contributed by atoms with Gasteiger partial charge in [-0.15, -0.1) is 0 Å². The summed E-state index contributed by atoms with van der Waals surface area (Å²) in [6, 6.07) is 14.2. The zero-order valence-electron chi connectivity index (χ0n) is 22.1. The van der Waals surface area contributed by atoms with Crippen LogP contribution in [0.4, 0.5) is 0 Å². The molecular formula is C31H30O9. The number of carbonyl (C=O) groups is 4. The van der Waals surface area contributed by atoms with E-state index in [0.717, 1.165) is 12.5 Å². The minimum Gasteiger partial charge on any atom is -0.508 e. The van der Waals surface area contributed by atoms with Gasteiger partial charge in [-0.05, 0) is 42.9 Å². The molecule has 4 N–H and O–H groups in total. The molecule has 208 valence electrons. The summed E-state index contributed by atoms with van der Waals surface area (Å²) in [6.45, 7) is 2.60. The molecule has 40 heavy (non-hydrogen) atoms. The minimum atomic E-state index is -2.81. The van der Waals surface area contributed by atoms with Gasteiger partial charge in [0.1, 0.15) is 28.9 Å². The van der Waals surface area contributed by atoms with Gasteiger partial charge >= 0.3 is 5.97 Å². The fourth-order valence-electron chi connectivity index (χ4n) is 6.55. The number of ketones is 3. The normalized spacial score (nSPS) is 27.6. The van der Waals surface area contributed by atoms with Gasteiger partial charge in [-0.3, -0.25) is 19.2 Å². The molecule has 1 fully saturated rings. The van der Waals surface area contributed by atoms with Crippen molar-refractivity contribution in [2.24, 2.45) is 11.8 Å². The van der Waals surface area contributed by atoms with Crippen LogP contribution in [-0.2, 0) is 30.3 Å². The number of benzene rings is 2. The maximum atomic E-state index is 14.1. The largest absolute Gasteiger partial charge is 0.508 e. The van der Waals surface area contributed by atoms with Crippen molar-refractivity contribution in [3.63, 3.8) is 0 Å². The van der Waals surface area contributed by atoms with Gasteiger partial charge in [0.15, 0.2) is 17.2 Å². The highest BCUT2D eigenvalue weighted by atomic mass is 16.5. The number of hydrogen-bond acceptors (Lipinski definition) is 9. The van der Waals surface area contributed by atoms with Crippen molar-refractivity contribution in [3.8, 4) is 5.75 Å². The van der Waals surface area contributed by atoms with Gasteiger partial charge in [-0.2, -0.15) is 0 Å². The fraction of sp³-hybridized carbons (Fsp3) is 0.355. The van der Waals surface area contributed by atoms with Gasteiger partial charge in [0.2, 0.25) is 5.78 Å². The Morgan fingerprint density at radius 1 is 1.02 bits per heavy atom. The summed E-state index contributed by atoms with van der Waals surface area (Å²) < 4.78 is 5.83. The number of esters is 1. The summed E-state index contributed by atoms with van der Waals surface area (Å²) in [5.41, 5.74) is -2.33. The second-order valence-corrected chi connectivity index (χ2v) is 10.6. The van der Waals surface area contributed by atoms with Crippen molar-refractivity contribution in [2.75, 3.05) is 0 Å². The summed E-state index contributed by atoms with van der Waals surface area (Å²) in [6.07, 6.45) is -0.973. The van der Waals surface area contributed by atoms with Crippen molar-refractivity contribution in [1.29, 1.82) is 0 Å². The Morgan fingerprint density at radius 2 is 1.73 bits per heavy atom. The maximum Gasteiger partial charge on any atom is 0.305 e. The summed E-state index contributed by atoms with van der Waals surface area (Å²) >= 11 is 0. The van der Waals surface area contributed by atoms with Crippen molar-refractivity contribution >= 4 is 29.1 Å². The Bertz CT molecular complexity index is 1490. The van der Waals surface area contributed by atoms with Gasteiger partial charge in [-0.25, -0.2) is 0 Å². The molecular weight excluding hydrogens is 516 g/mol. The number of rotatable bonds is 6. The first-order valence-electron chi connectivity index (χ1n) is 13.3. The van der Waals surface area contributed by atoms with E-state index >= 15 is 0 Å². The molecule has 9 nitrogen and oxygen atoms in total. The number of carbonyl (C=O) groups excluding carboxylic acids is 4. The molecule has 2 aromatic rings. The lowest BCUT2D eigenvalue weighted by Gasteiger charge is -2.52. The molecule has 0 saturated heterocycles. The highest BCUT2D eigenvalue weighted by Gasteiger charge is 2.66. The van der Waals surface area contributed by atoms with Crippen LogP contribution in [0, 0.1) is 11.8 Å². The quantitative estimate of drug-likeness (QED) is 0.313. The average molecular weight is 547 g/mol. The summed E-state index contributed by atoms with van der Waals surface area (Å²) in [5, 5.41) is 45.1. The number of Topliss-reactive ketones (excluding diaryl/α,β-unsaturated/α-hetero) is 3. The van der Waals surface area contributed by atoms with Crippen LogP contribution in [-0.4, -0.2) is 55.5 Å². The Labute approximate surface area is 230 Å². The van der Waals surface area contributed by atoms with Crippen LogP contribution < -0.4 is 0 Å². The zero-order chi connectivity index (χ0) is 28.9. The molecule has 2 aromatic carbocycles. The van der Waals surface area contributed by atoms with E-state index < -0.39 is 76.3 Å². The molecule has 0 radical (unpaired) electrons. The molecule has 0 heterocycles. The predicted octanol–water partition coefficient (Wildman–Crippen LogP) is 3.63. The minimum absolute atomic E-state index is 0.00456. The molecule has 5 atom stereocenters. The van der Waals surface area contributed by atoms with Crippen LogP contribution in [0.1, 0.15) is 55.7 Å². The summed E-state index contributed by atoms with van der Waals surface area (Å²) in [7, 11) is 0. The molecule has 0 spiro atoms. The number of allylic oxidation sites excluding steroid dienone is 1. The van der Waals surface area contributed by atoms with Crippen LogP contribution >= 0.6 is 0 Å². The summed E-state index contributed by atoms with van der Waals surface area (Å²) in [5.74, 6) is -8.43. The van der Waals surface area contributed by atoms with Gasteiger partial charge in [0.05, 0.1) is 5.56 Å². The maximum absolute atomic E-state index is 14.1. The number of aliphatic hydroxyl groups is 3. The van der Waals surface area contributed by atoms with E-state index in [4.69, 9.17) is 4.74 Å². The third kappa shape index (κ3) is 4.03. The van der Waals surface area contributed by atoms with Crippen LogP contribution in [0.25, 0.3) is 5.76 Å². The second kappa shape index (κ2) is 10.1. The molecule has 5 rings (SSSR count). The van der Waals surface area contributed by atoms with E-state index in [9.17, 15) is 39.6 Å². The smallest absolute Gasteiger partial charge is 0.305 e. The highest BCUT2D eigenvalue weighted by Crippen LogP contribution is 2.57. The van der Waals surface area contributed by atoms with Crippen LogP contribution in [0.5, 0.6) is 5.75 Å². The standard InChI is InChI=1S/C31H30O9/c1-3-22(35)40-28-19-14-21(34)23(15(2)32)29(37)31(19,39)30(38)26-25(28)18(13-12-16-8-5-4-6-9-16)17-10-7-11-20(33)24(17)27(26)36/h4-11,18-19,25,28,33,36-37,39H,3,12-14H2,1-2H3. The monoisotopic (exact) mass is 546 g/mol. The number of aliphatic hydroxyl groups excluding tert-OH is 2. The lowest BCUT2D eigenvalue weighted by Crippen LogP contribution is -2.64. The van der Waals surface area contributed by atoms with Crippen molar-refractivity contribution in [3.05, 3.63) is 82.1 Å². The number of fused-ring (bicyclic) bond motifs is 3.